The summed E-state index contributed by atoms with van der Waals surface area (Å²) in [6.07, 6.45) is 2.52. The van der Waals surface area contributed by atoms with E-state index < -0.39 is 0 Å². The molecule has 0 saturated heterocycles. The molecule has 0 amide bonds. The van der Waals surface area contributed by atoms with Crippen LogP contribution >= 0.6 is 15.9 Å². The maximum Gasteiger partial charge on any atom is 0.338 e. The standard InChI is InChI=1S/C11H11BrO3/c1-14-11(13)7-4-8(12)6-10(5-7)15-9-2-3-9/h4-6,9H,2-3H2,1H3. The smallest absolute Gasteiger partial charge is 0.338 e. The number of hydrogen-bond donors (Lipinski definition) is 0. The largest absolute Gasteiger partial charge is 0.490 e. The van der Waals surface area contributed by atoms with Gasteiger partial charge in [0, 0.05) is 4.47 Å². The van der Waals surface area contributed by atoms with Crippen molar-refractivity contribution in [1.82, 2.24) is 0 Å². The van der Waals surface area contributed by atoms with E-state index in [0.717, 1.165) is 17.3 Å². The van der Waals surface area contributed by atoms with Crippen molar-refractivity contribution >= 4 is 21.9 Å². The molecule has 1 aliphatic rings. The van der Waals surface area contributed by atoms with E-state index in [4.69, 9.17) is 4.74 Å². The van der Waals surface area contributed by atoms with Crippen molar-refractivity contribution in [1.29, 1.82) is 0 Å². The molecule has 0 spiro atoms. The molecule has 0 N–H and O–H groups in total. The van der Waals surface area contributed by atoms with Crippen LogP contribution in [0.3, 0.4) is 0 Å². The number of esters is 1. The van der Waals surface area contributed by atoms with E-state index in [1.54, 1.807) is 12.1 Å². The summed E-state index contributed by atoms with van der Waals surface area (Å²) in [5.74, 6) is 0.365. The molecule has 0 aromatic heterocycles. The molecule has 15 heavy (non-hydrogen) atoms. The molecule has 4 heteroatoms. The van der Waals surface area contributed by atoms with Crippen LogP contribution in [-0.2, 0) is 4.74 Å². The first-order valence-corrected chi connectivity index (χ1v) is 5.54. The first-order valence-electron chi connectivity index (χ1n) is 4.74. The quantitative estimate of drug-likeness (QED) is 0.793. The fraction of sp³-hybridized carbons (Fsp3) is 0.364. The van der Waals surface area contributed by atoms with Crippen molar-refractivity contribution in [2.24, 2.45) is 0 Å². The van der Waals surface area contributed by atoms with Crippen molar-refractivity contribution in [2.45, 2.75) is 18.9 Å². The van der Waals surface area contributed by atoms with Crippen LogP contribution in [0.15, 0.2) is 22.7 Å². The minimum atomic E-state index is -0.350. The monoisotopic (exact) mass is 270 g/mol. The molecule has 0 atom stereocenters. The fourth-order valence-corrected chi connectivity index (χ4v) is 1.72. The highest BCUT2D eigenvalue weighted by Gasteiger charge is 2.24. The third kappa shape index (κ3) is 2.72. The van der Waals surface area contributed by atoms with E-state index in [1.807, 2.05) is 6.07 Å². The molecular weight excluding hydrogens is 260 g/mol. The van der Waals surface area contributed by atoms with Gasteiger partial charge in [-0.25, -0.2) is 4.79 Å². The van der Waals surface area contributed by atoms with E-state index in [2.05, 4.69) is 20.7 Å². The van der Waals surface area contributed by atoms with Crippen molar-refractivity contribution in [3.8, 4) is 5.75 Å². The van der Waals surface area contributed by atoms with E-state index in [1.165, 1.54) is 7.11 Å². The number of hydrogen-bond acceptors (Lipinski definition) is 3. The predicted octanol–water partition coefficient (Wildman–Crippen LogP) is 2.78. The third-order valence-electron chi connectivity index (χ3n) is 2.12. The van der Waals surface area contributed by atoms with E-state index in [9.17, 15) is 4.79 Å². The Labute approximate surface area is 96.5 Å². The summed E-state index contributed by atoms with van der Waals surface area (Å²) in [7, 11) is 1.37. The van der Waals surface area contributed by atoms with Gasteiger partial charge in [0.2, 0.25) is 0 Å². The minimum absolute atomic E-state index is 0.324. The van der Waals surface area contributed by atoms with Gasteiger partial charge in [-0.05, 0) is 31.0 Å². The number of ether oxygens (including phenoxy) is 2. The first-order chi connectivity index (χ1) is 7.19. The molecule has 1 aromatic rings. The molecule has 1 aromatic carbocycles. The van der Waals surface area contributed by atoms with Crippen LogP contribution in [0.2, 0.25) is 0 Å². The summed E-state index contributed by atoms with van der Waals surface area (Å²) in [5.41, 5.74) is 0.502. The van der Waals surface area contributed by atoms with Gasteiger partial charge in [-0.3, -0.25) is 0 Å². The second-order valence-electron chi connectivity index (χ2n) is 3.48. The summed E-state index contributed by atoms with van der Waals surface area (Å²) in [5, 5.41) is 0. The summed E-state index contributed by atoms with van der Waals surface area (Å²) in [6, 6.07) is 5.27. The second kappa shape index (κ2) is 4.23. The van der Waals surface area contributed by atoms with Crippen LogP contribution in [0.1, 0.15) is 23.2 Å². The van der Waals surface area contributed by atoms with Crippen LogP contribution in [0.4, 0.5) is 0 Å². The Kier molecular flexibility index (Phi) is 2.95. The molecule has 1 aliphatic carbocycles. The topological polar surface area (TPSA) is 35.5 Å². The van der Waals surface area contributed by atoms with Gasteiger partial charge < -0.3 is 9.47 Å². The van der Waals surface area contributed by atoms with Gasteiger partial charge in [-0.15, -0.1) is 0 Å². The number of methoxy groups -OCH3 is 1. The number of carbonyl (C=O) groups excluding carboxylic acids is 1. The average molecular weight is 271 g/mol. The van der Waals surface area contributed by atoms with Gasteiger partial charge in [0.05, 0.1) is 18.8 Å². The zero-order valence-electron chi connectivity index (χ0n) is 8.33. The Morgan fingerprint density at radius 3 is 2.73 bits per heavy atom. The molecular formula is C11H11BrO3. The maximum atomic E-state index is 11.3. The highest BCUT2D eigenvalue weighted by molar-refractivity contribution is 9.10. The van der Waals surface area contributed by atoms with Crippen molar-refractivity contribution < 1.29 is 14.3 Å². The van der Waals surface area contributed by atoms with Crippen LogP contribution in [0, 0.1) is 0 Å². The lowest BCUT2D eigenvalue weighted by molar-refractivity contribution is 0.0600. The maximum absolute atomic E-state index is 11.3. The van der Waals surface area contributed by atoms with Crippen LogP contribution < -0.4 is 4.74 Å². The van der Waals surface area contributed by atoms with E-state index in [-0.39, 0.29) is 5.97 Å². The van der Waals surface area contributed by atoms with Gasteiger partial charge in [-0.1, -0.05) is 15.9 Å². The molecule has 1 fully saturated rings. The number of benzene rings is 1. The Morgan fingerprint density at radius 2 is 2.13 bits per heavy atom. The lowest BCUT2D eigenvalue weighted by Gasteiger charge is -2.07. The molecule has 2 rings (SSSR count). The van der Waals surface area contributed by atoms with Crippen LogP contribution in [-0.4, -0.2) is 19.2 Å². The van der Waals surface area contributed by atoms with Crippen LogP contribution in [0.5, 0.6) is 5.75 Å². The van der Waals surface area contributed by atoms with Crippen molar-refractivity contribution in [2.75, 3.05) is 7.11 Å². The SMILES string of the molecule is COC(=O)c1cc(Br)cc(OC2CC2)c1. The second-order valence-corrected chi connectivity index (χ2v) is 4.40. The molecule has 0 aliphatic heterocycles. The molecule has 80 valence electrons. The molecule has 0 radical (unpaired) electrons. The Morgan fingerprint density at radius 1 is 1.40 bits per heavy atom. The van der Waals surface area contributed by atoms with Gasteiger partial charge in [0.1, 0.15) is 5.75 Å². The van der Waals surface area contributed by atoms with Crippen LogP contribution in [0.25, 0.3) is 0 Å². The van der Waals surface area contributed by atoms with Gasteiger partial charge in [-0.2, -0.15) is 0 Å². The van der Waals surface area contributed by atoms with Crippen molar-refractivity contribution in [3.63, 3.8) is 0 Å². The Bertz CT molecular complexity index is 385. The van der Waals surface area contributed by atoms with Gasteiger partial charge in [0.25, 0.3) is 0 Å². The number of rotatable bonds is 3. The predicted molar refractivity (Wildman–Crippen MR) is 59.1 cm³/mol. The highest BCUT2D eigenvalue weighted by atomic mass is 79.9. The summed E-state index contributed by atoms with van der Waals surface area (Å²) in [6.45, 7) is 0. The summed E-state index contributed by atoms with van der Waals surface area (Å²) in [4.78, 5) is 11.3. The zero-order valence-corrected chi connectivity index (χ0v) is 9.91. The molecule has 1 saturated carbocycles. The highest BCUT2D eigenvalue weighted by Crippen LogP contribution is 2.29. The number of halogens is 1. The molecule has 3 nitrogen and oxygen atoms in total. The minimum Gasteiger partial charge on any atom is -0.490 e. The molecule has 0 bridgehead atoms. The molecule has 0 heterocycles. The first kappa shape index (κ1) is 10.5. The Hall–Kier alpha value is -1.03. The van der Waals surface area contributed by atoms with Crippen molar-refractivity contribution in [3.05, 3.63) is 28.2 Å². The third-order valence-corrected chi connectivity index (χ3v) is 2.58. The zero-order chi connectivity index (χ0) is 10.8. The van der Waals surface area contributed by atoms with E-state index in [0.29, 0.717) is 17.4 Å². The van der Waals surface area contributed by atoms with Gasteiger partial charge in [0.15, 0.2) is 0 Å². The number of carbonyl (C=O) groups is 1. The summed E-state index contributed by atoms with van der Waals surface area (Å²) >= 11 is 3.33. The lowest BCUT2D eigenvalue weighted by atomic mass is 10.2. The van der Waals surface area contributed by atoms with Gasteiger partial charge >= 0.3 is 5.97 Å². The Balaban J connectivity index is 2.22. The molecule has 0 unspecified atom stereocenters. The normalized spacial score (nSPS) is 14.8. The fourth-order valence-electron chi connectivity index (χ4n) is 1.24. The van der Waals surface area contributed by atoms with E-state index >= 15 is 0 Å². The summed E-state index contributed by atoms with van der Waals surface area (Å²) < 4.78 is 11.1. The average Bonchev–Trinajstić information content (AvgIpc) is 2.99. The lowest BCUT2D eigenvalue weighted by Crippen LogP contribution is -2.03.